The Balaban J connectivity index is 1.33. The summed E-state index contributed by atoms with van der Waals surface area (Å²) < 4.78 is 2.22. The minimum absolute atomic E-state index is 0.148. The fourth-order valence-corrected chi connectivity index (χ4v) is 3.76. The first-order chi connectivity index (χ1) is 11.2. The van der Waals surface area contributed by atoms with Crippen LogP contribution in [0.1, 0.15) is 30.1 Å². The van der Waals surface area contributed by atoms with Crippen LogP contribution in [0.5, 0.6) is 0 Å². The Kier molecular flexibility index (Phi) is 3.63. The van der Waals surface area contributed by atoms with E-state index in [1.807, 2.05) is 36.6 Å². The number of carbonyl (C=O) groups is 1. The number of fused-ring (bicyclic) bond motifs is 1. The molecule has 1 aliphatic carbocycles. The number of nitrogens with zero attached hydrogens (tertiary/aromatic N) is 4. The second kappa shape index (κ2) is 5.80. The van der Waals surface area contributed by atoms with Gasteiger partial charge in [-0.15, -0.1) is 0 Å². The monoisotopic (exact) mass is 310 g/mol. The molecule has 23 heavy (non-hydrogen) atoms. The Hall–Kier alpha value is -2.17. The highest BCUT2D eigenvalue weighted by molar-refractivity contribution is 5.82. The molecule has 0 saturated heterocycles. The molecule has 1 fully saturated rings. The van der Waals surface area contributed by atoms with Crippen LogP contribution >= 0.6 is 0 Å². The van der Waals surface area contributed by atoms with Crippen LogP contribution in [0.15, 0.2) is 36.9 Å². The van der Waals surface area contributed by atoms with Crippen molar-refractivity contribution in [2.24, 2.45) is 11.8 Å². The summed E-state index contributed by atoms with van der Waals surface area (Å²) in [6.07, 6.45) is 10.6. The molecule has 0 radical (unpaired) electrons. The molecule has 0 spiro atoms. The van der Waals surface area contributed by atoms with E-state index < -0.39 is 0 Å². The number of pyridine rings is 1. The zero-order chi connectivity index (χ0) is 15.8. The van der Waals surface area contributed by atoms with Gasteiger partial charge in [-0.05, 0) is 36.3 Å². The van der Waals surface area contributed by atoms with Crippen molar-refractivity contribution in [1.82, 2.24) is 19.4 Å². The van der Waals surface area contributed by atoms with E-state index in [4.69, 9.17) is 0 Å². The standard InChI is InChI=1S/C18H22N4O/c1-21(12-13-4-7-22-8-6-20-17(22)9-13)18(23)16-10-15(16)14-3-2-5-19-11-14/h2-3,5-6,8,11,13,15-16H,4,7,9-10,12H2,1H3/t13-,15+,16+/m1/s1. The van der Waals surface area contributed by atoms with E-state index in [-0.39, 0.29) is 11.8 Å². The van der Waals surface area contributed by atoms with Gasteiger partial charge in [-0.3, -0.25) is 9.78 Å². The first-order valence-corrected chi connectivity index (χ1v) is 8.37. The second-order valence-corrected chi connectivity index (χ2v) is 6.85. The Morgan fingerprint density at radius 2 is 2.35 bits per heavy atom. The highest BCUT2D eigenvalue weighted by Gasteiger charge is 2.45. The highest BCUT2D eigenvalue weighted by atomic mass is 16.2. The molecule has 120 valence electrons. The van der Waals surface area contributed by atoms with Crippen LogP contribution in [-0.2, 0) is 17.8 Å². The fraction of sp³-hybridized carbons (Fsp3) is 0.500. The van der Waals surface area contributed by atoms with Gasteiger partial charge in [0.15, 0.2) is 0 Å². The van der Waals surface area contributed by atoms with E-state index in [0.29, 0.717) is 11.8 Å². The highest BCUT2D eigenvalue weighted by Crippen LogP contribution is 2.48. The first kappa shape index (κ1) is 14.4. The van der Waals surface area contributed by atoms with E-state index in [0.717, 1.165) is 38.2 Å². The zero-order valence-electron chi connectivity index (χ0n) is 13.4. The Morgan fingerprint density at radius 1 is 1.43 bits per heavy atom. The van der Waals surface area contributed by atoms with Crippen LogP contribution in [0.3, 0.4) is 0 Å². The maximum Gasteiger partial charge on any atom is 0.226 e. The molecule has 5 nitrogen and oxygen atoms in total. The van der Waals surface area contributed by atoms with Crippen LogP contribution in [0.4, 0.5) is 0 Å². The number of carbonyl (C=O) groups excluding carboxylic acids is 1. The third-order valence-electron chi connectivity index (χ3n) is 5.18. The van der Waals surface area contributed by atoms with Crippen molar-refractivity contribution in [2.75, 3.05) is 13.6 Å². The minimum atomic E-state index is 0.148. The van der Waals surface area contributed by atoms with Crippen LogP contribution in [0.25, 0.3) is 0 Å². The Labute approximate surface area is 136 Å². The van der Waals surface area contributed by atoms with E-state index in [9.17, 15) is 4.79 Å². The van der Waals surface area contributed by atoms with Gasteiger partial charge < -0.3 is 9.47 Å². The van der Waals surface area contributed by atoms with E-state index >= 15 is 0 Å². The summed E-state index contributed by atoms with van der Waals surface area (Å²) in [7, 11) is 1.95. The van der Waals surface area contributed by atoms with Crippen LogP contribution in [-0.4, -0.2) is 38.9 Å². The van der Waals surface area contributed by atoms with Gasteiger partial charge in [-0.2, -0.15) is 0 Å². The van der Waals surface area contributed by atoms with Crippen molar-refractivity contribution in [2.45, 2.75) is 31.7 Å². The number of hydrogen-bond donors (Lipinski definition) is 0. The van der Waals surface area contributed by atoms with Crippen LogP contribution < -0.4 is 0 Å². The third-order valence-corrected chi connectivity index (χ3v) is 5.18. The quantitative estimate of drug-likeness (QED) is 0.869. The molecule has 3 heterocycles. The van der Waals surface area contributed by atoms with Crippen molar-refractivity contribution in [3.8, 4) is 0 Å². The molecule has 2 aromatic heterocycles. The molecule has 4 rings (SSSR count). The number of imidazole rings is 1. The molecule has 3 atom stereocenters. The van der Waals surface area contributed by atoms with E-state index in [1.165, 1.54) is 5.56 Å². The first-order valence-electron chi connectivity index (χ1n) is 8.37. The van der Waals surface area contributed by atoms with Gasteiger partial charge in [-0.1, -0.05) is 6.07 Å². The lowest BCUT2D eigenvalue weighted by Gasteiger charge is -2.28. The molecule has 5 heteroatoms. The number of amides is 1. The van der Waals surface area contributed by atoms with E-state index in [2.05, 4.69) is 20.6 Å². The van der Waals surface area contributed by atoms with Crippen molar-refractivity contribution in [3.05, 3.63) is 48.3 Å². The molecular weight excluding hydrogens is 288 g/mol. The number of hydrogen-bond acceptors (Lipinski definition) is 3. The summed E-state index contributed by atoms with van der Waals surface area (Å²) in [6.45, 7) is 1.85. The van der Waals surface area contributed by atoms with Gasteiger partial charge in [0, 0.05) is 57.3 Å². The van der Waals surface area contributed by atoms with Crippen LogP contribution in [0.2, 0.25) is 0 Å². The molecule has 0 N–H and O–H groups in total. The summed E-state index contributed by atoms with van der Waals surface area (Å²) in [4.78, 5) is 23.1. The average Bonchev–Trinajstić information content (AvgIpc) is 3.25. The molecular formula is C18H22N4O. The summed E-state index contributed by atoms with van der Waals surface area (Å²) in [5.41, 5.74) is 1.19. The lowest BCUT2D eigenvalue weighted by molar-refractivity contribution is -0.132. The Bertz CT molecular complexity index is 696. The topological polar surface area (TPSA) is 51.0 Å². The SMILES string of the molecule is CN(C[C@@H]1CCn2ccnc2C1)C(=O)[C@H]1C[C@H]1c1cccnc1. The van der Waals surface area contributed by atoms with Gasteiger partial charge in [0.25, 0.3) is 0 Å². The fourth-order valence-electron chi connectivity index (χ4n) is 3.76. The van der Waals surface area contributed by atoms with Gasteiger partial charge in [0.2, 0.25) is 5.91 Å². The summed E-state index contributed by atoms with van der Waals surface area (Å²) >= 11 is 0. The maximum atomic E-state index is 12.6. The number of rotatable bonds is 4. The summed E-state index contributed by atoms with van der Waals surface area (Å²) in [5, 5.41) is 0. The summed E-state index contributed by atoms with van der Waals surface area (Å²) in [6, 6.07) is 4.02. The predicted molar refractivity (Wildman–Crippen MR) is 86.8 cm³/mol. The number of aromatic nitrogens is 3. The summed E-state index contributed by atoms with van der Waals surface area (Å²) in [5.74, 6) is 2.47. The van der Waals surface area contributed by atoms with Crippen LogP contribution in [0, 0.1) is 11.8 Å². The average molecular weight is 310 g/mol. The maximum absolute atomic E-state index is 12.6. The van der Waals surface area contributed by atoms with E-state index in [1.54, 1.807) is 6.20 Å². The molecule has 0 unspecified atom stereocenters. The van der Waals surface area contributed by atoms with Crippen molar-refractivity contribution in [3.63, 3.8) is 0 Å². The minimum Gasteiger partial charge on any atom is -0.345 e. The van der Waals surface area contributed by atoms with Crippen molar-refractivity contribution in [1.29, 1.82) is 0 Å². The largest absolute Gasteiger partial charge is 0.345 e. The number of aryl methyl sites for hydroxylation is 1. The molecule has 1 amide bonds. The molecule has 1 saturated carbocycles. The van der Waals surface area contributed by atoms with Crippen molar-refractivity contribution >= 4 is 5.91 Å². The lowest BCUT2D eigenvalue weighted by Crippen LogP contribution is -2.36. The Morgan fingerprint density at radius 3 is 3.17 bits per heavy atom. The third kappa shape index (κ3) is 2.87. The molecule has 0 aromatic carbocycles. The molecule has 0 bridgehead atoms. The smallest absolute Gasteiger partial charge is 0.226 e. The predicted octanol–water partition coefficient (Wildman–Crippen LogP) is 2.10. The molecule has 1 aliphatic heterocycles. The molecule has 2 aliphatic rings. The van der Waals surface area contributed by atoms with Gasteiger partial charge in [-0.25, -0.2) is 4.98 Å². The van der Waals surface area contributed by atoms with Gasteiger partial charge in [0.1, 0.15) is 5.82 Å². The van der Waals surface area contributed by atoms with Crippen molar-refractivity contribution < 1.29 is 4.79 Å². The zero-order valence-corrected chi connectivity index (χ0v) is 13.4. The normalized spacial score (nSPS) is 25.7. The van der Waals surface area contributed by atoms with Gasteiger partial charge in [0.05, 0.1) is 0 Å². The lowest BCUT2D eigenvalue weighted by atomic mass is 9.97. The molecule has 2 aromatic rings. The second-order valence-electron chi connectivity index (χ2n) is 6.85. The van der Waals surface area contributed by atoms with Gasteiger partial charge >= 0.3 is 0 Å².